The number of methoxy groups -OCH3 is 1. The van der Waals surface area contributed by atoms with Gasteiger partial charge in [-0.1, -0.05) is 24.3 Å². The third-order valence-electron chi connectivity index (χ3n) is 8.10. The van der Waals surface area contributed by atoms with Crippen molar-refractivity contribution in [3.8, 4) is 11.5 Å². The standard InChI is InChI=1S/C22H20N2O4.C21H18N2O4/c1-15-6-7-17(22(26)27-2)13-20(15)24-21(25)16-8-10-19(11-9-16)28-14-18-5-3-4-12-23-18;1-14-5-6-16(21(25)26)12-19(14)23-20(24)15-7-9-18(10-8-15)27-13-17-4-2-3-11-22-17/h3-13H,14H2,1-2H3,(H,24,25);2-12H,13H2,1H3,(H,23,24)(H,25,26). The maximum absolute atomic E-state index is 12.5. The number of carbonyl (C=O) groups is 4. The van der Waals surface area contributed by atoms with E-state index in [4.69, 9.17) is 19.3 Å². The first-order valence-electron chi connectivity index (χ1n) is 17.0. The van der Waals surface area contributed by atoms with Crippen LogP contribution in [0.4, 0.5) is 11.4 Å². The van der Waals surface area contributed by atoms with Gasteiger partial charge in [0.15, 0.2) is 0 Å². The van der Waals surface area contributed by atoms with E-state index in [1.54, 1.807) is 92.1 Å². The molecule has 3 N–H and O–H groups in total. The average molecular weight is 739 g/mol. The number of ether oxygens (including phenoxy) is 3. The van der Waals surface area contributed by atoms with Crippen LogP contribution in [0.1, 0.15) is 63.9 Å². The number of carboxylic acid groups (broad SMARTS) is 1. The molecule has 0 fully saturated rings. The van der Waals surface area contributed by atoms with Crippen molar-refractivity contribution in [1.29, 1.82) is 0 Å². The Labute approximate surface area is 317 Å². The zero-order chi connectivity index (χ0) is 39.2. The van der Waals surface area contributed by atoms with Crippen LogP contribution in [-0.4, -0.2) is 45.9 Å². The third kappa shape index (κ3) is 11.3. The largest absolute Gasteiger partial charge is 0.487 e. The van der Waals surface area contributed by atoms with Crippen molar-refractivity contribution in [3.05, 3.63) is 178 Å². The average Bonchev–Trinajstić information content (AvgIpc) is 3.22. The minimum absolute atomic E-state index is 0.120. The number of hydrogen-bond donors (Lipinski definition) is 3. The Hall–Kier alpha value is -7.34. The van der Waals surface area contributed by atoms with Gasteiger partial charge in [0.1, 0.15) is 24.7 Å². The third-order valence-corrected chi connectivity index (χ3v) is 8.10. The fourth-order valence-electron chi connectivity index (χ4n) is 4.97. The number of aromatic nitrogens is 2. The van der Waals surface area contributed by atoms with E-state index in [0.29, 0.717) is 52.8 Å². The van der Waals surface area contributed by atoms with Crippen LogP contribution in [0.2, 0.25) is 0 Å². The second-order valence-corrected chi connectivity index (χ2v) is 12.0. The number of hydrogen-bond acceptors (Lipinski definition) is 9. The number of aryl methyl sites for hydroxylation is 2. The molecule has 55 heavy (non-hydrogen) atoms. The summed E-state index contributed by atoms with van der Waals surface area (Å²) in [5.41, 5.74) is 5.71. The second kappa shape index (κ2) is 18.9. The van der Waals surface area contributed by atoms with E-state index in [1.165, 1.54) is 19.2 Å². The normalized spacial score (nSPS) is 10.2. The molecule has 6 rings (SSSR count). The summed E-state index contributed by atoms with van der Waals surface area (Å²) >= 11 is 0. The highest BCUT2D eigenvalue weighted by molar-refractivity contribution is 6.06. The number of esters is 1. The summed E-state index contributed by atoms with van der Waals surface area (Å²) in [7, 11) is 1.32. The molecular weight excluding hydrogens is 700 g/mol. The Morgan fingerprint density at radius 3 is 1.38 bits per heavy atom. The SMILES string of the molecule is COC(=O)c1ccc(C)c(NC(=O)c2ccc(OCc3ccccn3)cc2)c1.Cc1ccc(C(=O)O)cc1NC(=O)c1ccc(OCc2ccccn2)cc1. The minimum atomic E-state index is -1.04. The first-order valence-corrected chi connectivity index (χ1v) is 17.0. The molecular formula is C43H38N4O8. The van der Waals surface area contributed by atoms with Gasteiger partial charge in [-0.25, -0.2) is 9.59 Å². The molecule has 12 nitrogen and oxygen atoms in total. The lowest BCUT2D eigenvalue weighted by atomic mass is 10.1. The second-order valence-electron chi connectivity index (χ2n) is 12.0. The van der Waals surface area contributed by atoms with Gasteiger partial charge in [-0.3, -0.25) is 19.6 Å². The summed E-state index contributed by atoms with van der Waals surface area (Å²) in [5, 5.41) is 14.7. The Kier molecular flexibility index (Phi) is 13.4. The van der Waals surface area contributed by atoms with Crippen LogP contribution < -0.4 is 20.1 Å². The lowest BCUT2D eigenvalue weighted by molar-refractivity contribution is 0.0599. The highest BCUT2D eigenvalue weighted by Gasteiger charge is 2.13. The number of amides is 2. The van der Waals surface area contributed by atoms with Crippen LogP contribution >= 0.6 is 0 Å². The highest BCUT2D eigenvalue weighted by atomic mass is 16.5. The minimum Gasteiger partial charge on any atom is -0.487 e. The van der Waals surface area contributed by atoms with Crippen molar-refractivity contribution in [2.45, 2.75) is 27.1 Å². The molecule has 0 radical (unpaired) electrons. The van der Waals surface area contributed by atoms with Crippen molar-refractivity contribution in [1.82, 2.24) is 9.97 Å². The Bertz CT molecular complexity index is 2250. The first-order chi connectivity index (χ1) is 26.6. The molecule has 6 aromatic rings. The van der Waals surface area contributed by atoms with E-state index in [-0.39, 0.29) is 17.4 Å². The van der Waals surface area contributed by atoms with E-state index in [9.17, 15) is 19.2 Å². The molecule has 4 aromatic carbocycles. The van der Waals surface area contributed by atoms with E-state index in [2.05, 4.69) is 20.6 Å². The van der Waals surface area contributed by atoms with Crippen molar-refractivity contribution in [2.75, 3.05) is 17.7 Å². The van der Waals surface area contributed by atoms with Crippen molar-refractivity contribution in [3.63, 3.8) is 0 Å². The molecule has 0 aliphatic rings. The summed E-state index contributed by atoms with van der Waals surface area (Å²) in [6, 6.07) is 34.4. The van der Waals surface area contributed by atoms with Gasteiger partial charge in [0.05, 0.1) is 29.6 Å². The highest BCUT2D eigenvalue weighted by Crippen LogP contribution is 2.21. The Morgan fingerprint density at radius 1 is 0.564 bits per heavy atom. The lowest BCUT2D eigenvalue weighted by Crippen LogP contribution is -2.13. The van der Waals surface area contributed by atoms with Crippen molar-refractivity contribution in [2.24, 2.45) is 0 Å². The van der Waals surface area contributed by atoms with Gasteiger partial charge >= 0.3 is 11.9 Å². The summed E-state index contributed by atoms with van der Waals surface area (Å²) in [5.74, 6) is -0.824. The molecule has 0 bridgehead atoms. The van der Waals surface area contributed by atoms with Crippen molar-refractivity contribution >= 4 is 35.1 Å². The summed E-state index contributed by atoms with van der Waals surface area (Å²) in [4.78, 5) is 56.1. The van der Waals surface area contributed by atoms with Gasteiger partial charge in [0.25, 0.3) is 11.8 Å². The maximum Gasteiger partial charge on any atom is 0.337 e. The van der Waals surface area contributed by atoms with Crippen LogP contribution in [0.15, 0.2) is 134 Å². The molecule has 2 heterocycles. The molecule has 0 saturated carbocycles. The Morgan fingerprint density at radius 2 is 0.982 bits per heavy atom. The molecule has 2 amide bonds. The monoisotopic (exact) mass is 738 g/mol. The Balaban J connectivity index is 0.000000211. The quantitative estimate of drug-likeness (QED) is 0.105. The van der Waals surface area contributed by atoms with E-state index in [0.717, 1.165) is 22.5 Å². The molecule has 0 spiro atoms. The van der Waals surface area contributed by atoms with Crippen molar-refractivity contribution < 1.29 is 38.5 Å². The molecule has 0 atom stereocenters. The maximum atomic E-state index is 12.5. The number of rotatable bonds is 12. The van der Waals surface area contributed by atoms with E-state index in [1.807, 2.05) is 43.3 Å². The van der Waals surface area contributed by atoms with Crippen LogP contribution in [0.25, 0.3) is 0 Å². The summed E-state index contributed by atoms with van der Waals surface area (Å²) < 4.78 is 16.0. The zero-order valence-electron chi connectivity index (χ0n) is 30.3. The number of carbonyl (C=O) groups excluding carboxylic acids is 3. The lowest BCUT2D eigenvalue weighted by Gasteiger charge is -2.11. The molecule has 278 valence electrons. The van der Waals surface area contributed by atoms with E-state index < -0.39 is 11.9 Å². The first kappa shape index (κ1) is 38.9. The molecule has 0 aliphatic heterocycles. The van der Waals surface area contributed by atoms with Crippen LogP contribution in [0.5, 0.6) is 11.5 Å². The fourth-order valence-corrected chi connectivity index (χ4v) is 4.97. The van der Waals surface area contributed by atoms with Gasteiger partial charge in [0, 0.05) is 34.9 Å². The number of pyridine rings is 2. The predicted octanol–water partition coefficient (Wildman–Crippen LogP) is 7.93. The molecule has 0 aliphatic carbocycles. The number of carboxylic acids is 1. The number of benzene rings is 4. The molecule has 2 aromatic heterocycles. The number of nitrogens with zero attached hydrogens (tertiary/aromatic N) is 2. The van der Waals surface area contributed by atoms with Crippen LogP contribution in [-0.2, 0) is 18.0 Å². The van der Waals surface area contributed by atoms with Gasteiger partial charge < -0.3 is 30.0 Å². The molecule has 0 unspecified atom stereocenters. The fraction of sp³-hybridized carbons (Fsp3) is 0.116. The summed E-state index contributed by atoms with van der Waals surface area (Å²) in [6.07, 6.45) is 3.41. The smallest absolute Gasteiger partial charge is 0.337 e. The van der Waals surface area contributed by atoms with Gasteiger partial charge in [0.2, 0.25) is 0 Å². The summed E-state index contributed by atoms with van der Waals surface area (Å²) in [6.45, 7) is 4.35. The van der Waals surface area contributed by atoms with Crippen LogP contribution in [0.3, 0.4) is 0 Å². The number of nitrogens with one attached hydrogen (secondary N) is 2. The number of anilines is 2. The van der Waals surface area contributed by atoms with Gasteiger partial charge in [-0.15, -0.1) is 0 Å². The topological polar surface area (TPSA) is 166 Å². The van der Waals surface area contributed by atoms with Gasteiger partial charge in [-0.05, 0) is 122 Å². The van der Waals surface area contributed by atoms with E-state index >= 15 is 0 Å². The molecule has 12 heteroatoms. The molecule has 0 saturated heterocycles. The number of aromatic carboxylic acids is 1. The van der Waals surface area contributed by atoms with Crippen LogP contribution in [0, 0.1) is 13.8 Å². The van der Waals surface area contributed by atoms with Gasteiger partial charge in [-0.2, -0.15) is 0 Å². The predicted molar refractivity (Wildman–Crippen MR) is 207 cm³/mol. The zero-order valence-corrected chi connectivity index (χ0v) is 30.3.